The molecule has 1 rings (SSSR count). The molecule has 0 radical (unpaired) electrons. The zero-order valence-electron chi connectivity index (χ0n) is 7.97. The summed E-state index contributed by atoms with van der Waals surface area (Å²) in [7, 11) is 0. The number of hydrogen-bond acceptors (Lipinski definition) is 1. The normalized spacial score (nSPS) is 31.6. The van der Waals surface area contributed by atoms with E-state index in [0.29, 0.717) is 12.2 Å². The molecule has 0 aromatic heterocycles. The van der Waals surface area contributed by atoms with E-state index >= 15 is 0 Å². The smallest absolute Gasteiger partial charge is 0.0579 e. The van der Waals surface area contributed by atoms with Crippen LogP contribution < -0.4 is 0 Å². The fourth-order valence-corrected chi connectivity index (χ4v) is 1.62. The van der Waals surface area contributed by atoms with Crippen LogP contribution in [0.4, 0.5) is 0 Å². The van der Waals surface area contributed by atoms with E-state index in [-0.39, 0.29) is 0 Å². The Morgan fingerprint density at radius 2 is 2.09 bits per heavy atom. The molecular weight excluding hydrogens is 136 g/mol. The second-order valence-corrected chi connectivity index (χ2v) is 4.12. The van der Waals surface area contributed by atoms with Gasteiger partial charge in [-0.15, -0.1) is 0 Å². The van der Waals surface area contributed by atoms with Gasteiger partial charge in [-0.25, -0.2) is 0 Å². The molecule has 0 saturated carbocycles. The van der Waals surface area contributed by atoms with E-state index < -0.39 is 0 Å². The van der Waals surface area contributed by atoms with Crippen molar-refractivity contribution in [3.8, 4) is 0 Å². The van der Waals surface area contributed by atoms with Crippen LogP contribution in [0.5, 0.6) is 0 Å². The molecule has 1 saturated heterocycles. The highest BCUT2D eigenvalue weighted by molar-refractivity contribution is 4.70. The van der Waals surface area contributed by atoms with Gasteiger partial charge in [-0.1, -0.05) is 13.8 Å². The lowest BCUT2D eigenvalue weighted by molar-refractivity contribution is 0.0479. The summed E-state index contributed by atoms with van der Waals surface area (Å²) in [6, 6.07) is 0. The molecule has 1 heterocycles. The molecule has 0 amide bonds. The Balaban J connectivity index is 2.08. The molecule has 11 heavy (non-hydrogen) atoms. The maximum Gasteiger partial charge on any atom is 0.0579 e. The first-order valence-corrected chi connectivity index (χ1v) is 4.84. The van der Waals surface area contributed by atoms with E-state index in [1.807, 2.05) is 0 Å². The quantitative estimate of drug-likeness (QED) is 0.610. The topological polar surface area (TPSA) is 9.23 Å². The third kappa shape index (κ3) is 3.24. The molecular formula is C10H20O. The van der Waals surface area contributed by atoms with Crippen molar-refractivity contribution < 1.29 is 4.74 Å². The van der Waals surface area contributed by atoms with Crippen molar-refractivity contribution in [2.45, 2.75) is 58.7 Å². The van der Waals surface area contributed by atoms with Crippen molar-refractivity contribution in [3.63, 3.8) is 0 Å². The maximum absolute atomic E-state index is 5.71. The molecule has 0 bridgehead atoms. The first-order valence-electron chi connectivity index (χ1n) is 4.84. The third-order valence-corrected chi connectivity index (χ3v) is 2.39. The average Bonchev–Trinajstić information content (AvgIpc) is 2.31. The SMILES string of the molecule is CC(C)CC[C@H]1CCC(C)O1. The molecule has 0 aliphatic carbocycles. The summed E-state index contributed by atoms with van der Waals surface area (Å²) in [5, 5.41) is 0. The van der Waals surface area contributed by atoms with Gasteiger partial charge in [-0.3, -0.25) is 0 Å². The minimum Gasteiger partial charge on any atom is -0.375 e. The number of hydrogen-bond donors (Lipinski definition) is 0. The van der Waals surface area contributed by atoms with Crippen molar-refractivity contribution >= 4 is 0 Å². The first kappa shape index (κ1) is 9.05. The van der Waals surface area contributed by atoms with Gasteiger partial charge in [0.1, 0.15) is 0 Å². The van der Waals surface area contributed by atoms with Crippen LogP contribution in [0.3, 0.4) is 0 Å². The molecule has 66 valence electrons. The van der Waals surface area contributed by atoms with Crippen LogP contribution in [0, 0.1) is 5.92 Å². The van der Waals surface area contributed by atoms with Crippen LogP contribution in [0.1, 0.15) is 46.5 Å². The Kier molecular flexibility index (Phi) is 3.38. The van der Waals surface area contributed by atoms with E-state index in [4.69, 9.17) is 4.74 Å². The summed E-state index contributed by atoms with van der Waals surface area (Å²) < 4.78 is 5.71. The van der Waals surface area contributed by atoms with Crippen molar-refractivity contribution in [2.24, 2.45) is 5.92 Å². The van der Waals surface area contributed by atoms with Gasteiger partial charge >= 0.3 is 0 Å². The van der Waals surface area contributed by atoms with Gasteiger partial charge in [0.15, 0.2) is 0 Å². The molecule has 0 spiro atoms. The zero-order chi connectivity index (χ0) is 8.27. The summed E-state index contributed by atoms with van der Waals surface area (Å²) in [6.45, 7) is 6.73. The van der Waals surface area contributed by atoms with Gasteiger partial charge in [0.2, 0.25) is 0 Å². The van der Waals surface area contributed by atoms with E-state index in [2.05, 4.69) is 20.8 Å². The lowest BCUT2D eigenvalue weighted by Crippen LogP contribution is -2.08. The molecule has 1 nitrogen and oxygen atoms in total. The van der Waals surface area contributed by atoms with Crippen molar-refractivity contribution in [1.82, 2.24) is 0 Å². The highest BCUT2D eigenvalue weighted by Crippen LogP contribution is 2.23. The monoisotopic (exact) mass is 156 g/mol. The summed E-state index contributed by atoms with van der Waals surface area (Å²) in [5.74, 6) is 0.828. The van der Waals surface area contributed by atoms with Gasteiger partial charge in [-0.05, 0) is 38.5 Å². The summed E-state index contributed by atoms with van der Waals surface area (Å²) in [5.41, 5.74) is 0. The average molecular weight is 156 g/mol. The van der Waals surface area contributed by atoms with Crippen LogP contribution in [0.25, 0.3) is 0 Å². The Hall–Kier alpha value is -0.0400. The maximum atomic E-state index is 5.71. The van der Waals surface area contributed by atoms with Gasteiger partial charge in [0.25, 0.3) is 0 Å². The molecule has 2 atom stereocenters. The molecule has 0 N–H and O–H groups in total. The third-order valence-electron chi connectivity index (χ3n) is 2.39. The van der Waals surface area contributed by atoms with Gasteiger partial charge in [0, 0.05) is 0 Å². The first-order chi connectivity index (χ1) is 5.18. The van der Waals surface area contributed by atoms with Crippen LogP contribution in [0.2, 0.25) is 0 Å². The summed E-state index contributed by atoms with van der Waals surface area (Å²) >= 11 is 0. The number of rotatable bonds is 3. The summed E-state index contributed by atoms with van der Waals surface area (Å²) in [4.78, 5) is 0. The van der Waals surface area contributed by atoms with E-state index in [1.54, 1.807) is 0 Å². The number of ether oxygens (including phenoxy) is 1. The van der Waals surface area contributed by atoms with Gasteiger partial charge in [-0.2, -0.15) is 0 Å². The van der Waals surface area contributed by atoms with Gasteiger partial charge in [0.05, 0.1) is 12.2 Å². The Bertz CT molecular complexity index is 109. The summed E-state index contributed by atoms with van der Waals surface area (Å²) in [6.07, 6.45) is 6.23. The second-order valence-electron chi connectivity index (χ2n) is 4.12. The van der Waals surface area contributed by atoms with Crippen molar-refractivity contribution in [3.05, 3.63) is 0 Å². The second kappa shape index (κ2) is 4.10. The molecule has 1 aliphatic heterocycles. The molecule has 1 heteroatoms. The van der Waals surface area contributed by atoms with E-state index in [0.717, 1.165) is 5.92 Å². The molecule has 0 aromatic rings. The van der Waals surface area contributed by atoms with Crippen LogP contribution in [-0.2, 0) is 4.74 Å². The highest BCUT2D eigenvalue weighted by atomic mass is 16.5. The van der Waals surface area contributed by atoms with Crippen molar-refractivity contribution in [2.75, 3.05) is 0 Å². The largest absolute Gasteiger partial charge is 0.375 e. The minimum atomic E-state index is 0.521. The fraction of sp³-hybridized carbons (Fsp3) is 1.00. The van der Waals surface area contributed by atoms with Crippen LogP contribution >= 0.6 is 0 Å². The lowest BCUT2D eigenvalue weighted by Gasteiger charge is -2.11. The molecule has 1 unspecified atom stereocenters. The van der Waals surface area contributed by atoms with Crippen LogP contribution in [-0.4, -0.2) is 12.2 Å². The Morgan fingerprint density at radius 1 is 1.36 bits per heavy atom. The van der Waals surface area contributed by atoms with E-state index in [1.165, 1.54) is 25.7 Å². The minimum absolute atomic E-state index is 0.521. The Labute approximate surface area is 70.1 Å². The zero-order valence-corrected chi connectivity index (χ0v) is 7.97. The predicted molar refractivity (Wildman–Crippen MR) is 47.6 cm³/mol. The molecule has 1 aliphatic rings. The Morgan fingerprint density at radius 3 is 2.55 bits per heavy atom. The van der Waals surface area contributed by atoms with Crippen LogP contribution in [0.15, 0.2) is 0 Å². The standard InChI is InChI=1S/C10H20O/c1-8(2)4-6-10-7-5-9(3)11-10/h8-10H,4-7H2,1-3H3/t9?,10-/m0/s1. The predicted octanol–water partition coefficient (Wildman–Crippen LogP) is 2.99. The molecule has 1 fully saturated rings. The van der Waals surface area contributed by atoms with Crippen molar-refractivity contribution in [1.29, 1.82) is 0 Å². The fourth-order valence-electron chi connectivity index (χ4n) is 1.62. The highest BCUT2D eigenvalue weighted by Gasteiger charge is 2.21. The lowest BCUT2D eigenvalue weighted by atomic mass is 10.0. The molecule has 0 aromatic carbocycles. The van der Waals surface area contributed by atoms with Gasteiger partial charge < -0.3 is 4.74 Å². The van der Waals surface area contributed by atoms with E-state index in [9.17, 15) is 0 Å².